The Labute approximate surface area is 132 Å². The predicted octanol–water partition coefficient (Wildman–Crippen LogP) is 4.85. The van der Waals surface area contributed by atoms with E-state index in [1.54, 1.807) is 0 Å². The smallest absolute Gasteiger partial charge is 0.119 e. The van der Waals surface area contributed by atoms with Crippen LogP contribution in [0.25, 0.3) is 0 Å². The zero-order valence-electron chi connectivity index (χ0n) is 13.4. The molecule has 2 aromatic rings. The van der Waals surface area contributed by atoms with Crippen molar-refractivity contribution >= 4 is 11.3 Å². The average molecular weight is 303 g/mol. The molecule has 3 heteroatoms. The molecule has 0 saturated carbocycles. The molecular formula is C18H25NOS. The Kier molecular flexibility index (Phi) is 5.83. The quantitative estimate of drug-likeness (QED) is 0.789. The van der Waals surface area contributed by atoms with Gasteiger partial charge in [0.15, 0.2) is 0 Å². The van der Waals surface area contributed by atoms with E-state index in [4.69, 9.17) is 4.74 Å². The molecule has 0 fully saturated rings. The molecule has 0 bridgehead atoms. The molecule has 2 nitrogen and oxygen atoms in total. The second-order valence-corrected chi connectivity index (χ2v) is 6.74. The summed E-state index contributed by atoms with van der Waals surface area (Å²) in [6.45, 7) is 10.4. The molecule has 1 unspecified atom stereocenters. The van der Waals surface area contributed by atoms with Crippen LogP contribution in [0.2, 0.25) is 0 Å². The summed E-state index contributed by atoms with van der Waals surface area (Å²) in [7, 11) is 0. The van der Waals surface area contributed by atoms with Gasteiger partial charge in [0.1, 0.15) is 5.75 Å². The second kappa shape index (κ2) is 7.62. The fourth-order valence-electron chi connectivity index (χ4n) is 2.55. The molecule has 2 rings (SSSR count). The zero-order valence-corrected chi connectivity index (χ0v) is 14.2. The van der Waals surface area contributed by atoms with Gasteiger partial charge in [0.2, 0.25) is 0 Å². The monoisotopic (exact) mass is 303 g/mol. The van der Waals surface area contributed by atoms with E-state index in [0.29, 0.717) is 0 Å². The predicted molar refractivity (Wildman–Crippen MR) is 91.5 cm³/mol. The van der Waals surface area contributed by atoms with Crippen LogP contribution in [0.15, 0.2) is 30.3 Å². The van der Waals surface area contributed by atoms with Gasteiger partial charge in [-0.15, -0.1) is 11.3 Å². The first-order chi connectivity index (χ1) is 10.2. The van der Waals surface area contributed by atoms with Gasteiger partial charge in [-0.3, -0.25) is 0 Å². The van der Waals surface area contributed by atoms with E-state index >= 15 is 0 Å². The maximum atomic E-state index is 5.77. The van der Waals surface area contributed by atoms with Crippen molar-refractivity contribution in [1.82, 2.24) is 5.32 Å². The largest absolute Gasteiger partial charge is 0.494 e. The Hall–Kier alpha value is -1.32. The first kappa shape index (κ1) is 16.1. The normalized spacial score (nSPS) is 12.4. The van der Waals surface area contributed by atoms with Crippen molar-refractivity contribution in [2.24, 2.45) is 0 Å². The van der Waals surface area contributed by atoms with Gasteiger partial charge in [0, 0.05) is 9.75 Å². The van der Waals surface area contributed by atoms with Crippen molar-refractivity contribution in [2.45, 2.75) is 40.2 Å². The number of hydrogen-bond donors (Lipinski definition) is 1. The van der Waals surface area contributed by atoms with E-state index in [-0.39, 0.29) is 6.04 Å². The number of nitrogens with one attached hydrogen (secondary N) is 1. The van der Waals surface area contributed by atoms with Crippen LogP contribution >= 0.6 is 11.3 Å². The van der Waals surface area contributed by atoms with E-state index in [9.17, 15) is 0 Å². The minimum Gasteiger partial charge on any atom is -0.494 e. The van der Waals surface area contributed by atoms with Crippen molar-refractivity contribution in [3.05, 3.63) is 51.2 Å². The number of ether oxygens (including phenoxy) is 1. The summed E-state index contributed by atoms with van der Waals surface area (Å²) in [5.74, 6) is 0.960. The van der Waals surface area contributed by atoms with E-state index in [2.05, 4.69) is 57.3 Å². The van der Waals surface area contributed by atoms with Crippen LogP contribution < -0.4 is 10.1 Å². The number of rotatable bonds is 7. The lowest BCUT2D eigenvalue weighted by Crippen LogP contribution is -2.22. The van der Waals surface area contributed by atoms with Gasteiger partial charge in [0.25, 0.3) is 0 Å². The van der Waals surface area contributed by atoms with Crippen LogP contribution in [0.4, 0.5) is 0 Å². The standard InChI is InChI=1S/C18H25NOS/c1-5-10-20-16-9-7-8-15(12-16)18(19-6-2)17-11-13(3)21-14(17)4/h7-9,11-12,18-19H,5-6,10H2,1-4H3. The Morgan fingerprint density at radius 2 is 2.00 bits per heavy atom. The number of aryl methyl sites for hydroxylation is 2. The molecule has 1 heterocycles. The van der Waals surface area contributed by atoms with Gasteiger partial charge in [-0.25, -0.2) is 0 Å². The van der Waals surface area contributed by atoms with E-state index in [1.807, 2.05) is 17.4 Å². The lowest BCUT2D eigenvalue weighted by atomic mass is 9.99. The van der Waals surface area contributed by atoms with Crippen LogP contribution in [-0.2, 0) is 0 Å². The van der Waals surface area contributed by atoms with Crippen LogP contribution in [0.5, 0.6) is 5.75 Å². The summed E-state index contributed by atoms with van der Waals surface area (Å²) in [5, 5.41) is 3.60. The van der Waals surface area contributed by atoms with Gasteiger partial charge in [-0.05, 0) is 56.1 Å². The summed E-state index contributed by atoms with van der Waals surface area (Å²) in [6, 6.07) is 11.0. The van der Waals surface area contributed by atoms with Gasteiger partial charge in [-0.1, -0.05) is 26.0 Å². The SMILES string of the molecule is CCCOc1cccc(C(NCC)c2cc(C)sc2C)c1. The molecule has 0 aliphatic rings. The Balaban J connectivity index is 2.31. The molecule has 0 amide bonds. The molecule has 21 heavy (non-hydrogen) atoms. The zero-order chi connectivity index (χ0) is 15.2. The third kappa shape index (κ3) is 4.08. The minimum absolute atomic E-state index is 0.241. The molecule has 0 aliphatic heterocycles. The Morgan fingerprint density at radius 1 is 1.19 bits per heavy atom. The second-order valence-electron chi connectivity index (χ2n) is 5.28. The lowest BCUT2D eigenvalue weighted by Gasteiger charge is -2.19. The highest BCUT2D eigenvalue weighted by atomic mass is 32.1. The topological polar surface area (TPSA) is 21.3 Å². The molecule has 0 saturated heterocycles. The highest BCUT2D eigenvalue weighted by molar-refractivity contribution is 7.12. The molecule has 0 aliphatic carbocycles. The van der Waals surface area contributed by atoms with Crippen LogP contribution in [0.1, 0.15) is 47.2 Å². The average Bonchev–Trinajstić information content (AvgIpc) is 2.81. The first-order valence-electron chi connectivity index (χ1n) is 7.68. The molecule has 0 spiro atoms. The molecule has 1 N–H and O–H groups in total. The minimum atomic E-state index is 0.241. The van der Waals surface area contributed by atoms with Gasteiger partial charge >= 0.3 is 0 Å². The summed E-state index contributed by atoms with van der Waals surface area (Å²) < 4.78 is 5.77. The van der Waals surface area contributed by atoms with Crippen molar-refractivity contribution in [2.75, 3.05) is 13.2 Å². The third-order valence-corrected chi connectivity index (χ3v) is 4.44. The van der Waals surface area contributed by atoms with E-state index < -0.39 is 0 Å². The highest BCUT2D eigenvalue weighted by Crippen LogP contribution is 2.32. The fourth-order valence-corrected chi connectivity index (χ4v) is 3.52. The molecule has 1 atom stereocenters. The maximum Gasteiger partial charge on any atom is 0.119 e. The highest BCUT2D eigenvalue weighted by Gasteiger charge is 2.17. The molecule has 114 valence electrons. The van der Waals surface area contributed by atoms with Gasteiger partial charge in [0.05, 0.1) is 12.6 Å². The van der Waals surface area contributed by atoms with Crippen molar-refractivity contribution in [1.29, 1.82) is 0 Å². The van der Waals surface area contributed by atoms with E-state index in [1.165, 1.54) is 20.9 Å². The third-order valence-electron chi connectivity index (χ3n) is 3.46. The number of hydrogen-bond acceptors (Lipinski definition) is 3. The number of thiophene rings is 1. The number of benzene rings is 1. The fraction of sp³-hybridized carbons (Fsp3) is 0.444. The van der Waals surface area contributed by atoms with Crippen LogP contribution in [0.3, 0.4) is 0 Å². The summed E-state index contributed by atoms with van der Waals surface area (Å²) in [5.41, 5.74) is 2.65. The lowest BCUT2D eigenvalue weighted by molar-refractivity contribution is 0.317. The summed E-state index contributed by atoms with van der Waals surface area (Å²) in [4.78, 5) is 2.75. The first-order valence-corrected chi connectivity index (χ1v) is 8.50. The van der Waals surface area contributed by atoms with Crippen molar-refractivity contribution in [3.63, 3.8) is 0 Å². The Bertz CT molecular complexity index is 576. The maximum absolute atomic E-state index is 5.77. The summed E-state index contributed by atoms with van der Waals surface area (Å²) >= 11 is 1.86. The molecule has 1 aromatic carbocycles. The van der Waals surface area contributed by atoms with Gasteiger partial charge < -0.3 is 10.1 Å². The van der Waals surface area contributed by atoms with E-state index in [0.717, 1.165) is 25.3 Å². The van der Waals surface area contributed by atoms with Gasteiger partial charge in [-0.2, -0.15) is 0 Å². The Morgan fingerprint density at radius 3 is 2.62 bits per heavy atom. The molecule has 1 aromatic heterocycles. The summed E-state index contributed by atoms with van der Waals surface area (Å²) in [6.07, 6.45) is 1.03. The van der Waals surface area contributed by atoms with Crippen molar-refractivity contribution < 1.29 is 4.74 Å². The molecular weight excluding hydrogens is 278 g/mol. The molecule has 0 radical (unpaired) electrons. The van der Waals surface area contributed by atoms with Crippen LogP contribution in [0, 0.1) is 13.8 Å². The van der Waals surface area contributed by atoms with Crippen molar-refractivity contribution in [3.8, 4) is 5.75 Å². The van der Waals surface area contributed by atoms with Crippen LogP contribution in [-0.4, -0.2) is 13.2 Å².